The van der Waals surface area contributed by atoms with Crippen molar-refractivity contribution in [3.8, 4) is 5.75 Å². The number of amides is 1. The van der Waals surface area contributed by atoms with Crippen LogP contribution in [0.25, 0.3) is 6.08 Å². The van der Waals surface area contributed by atoms with Crippen molar-refractivity contribution in [3.63, 3.8) is 0 Å². The molecule has 2 atom stereocenters. The second-order valence-corrected chi connectivity index (χ2v) is 9.87. The Morgan fingerprint density at radius 3 is 2.67 bits per heavy atom. The predicted octanol–water partition coefficient (Wildman–Crippen LogP) is 5.92. The van der Waals surface area contributed by atoms with Crippen LogP contribution in [0.2, 0.25) is 0 Å². The van der Waals surface area contributed by atoms with Gasteiger partial charge in [0.25, 0.3) is 11.6 Å². The Bertz CT molecular complexity index is 1200. The van der Waals surface area contributed by atoms with Crippen LogP contribution in [0.5, 0.6) is 5.75 Å². The molecule has 1 aliphatic heterocycles. The summed E-state index contributed by atoms with van der Waals surface area (Å²) in [5, 5.41) is 21.3. The molecule has 7 nitrogen and oxygen atoms in total. The number of ether oxygens (including phenoxy) is 1. The average Bonchev–Trinajstić information content (AvgIpc) is 3.58. The van der Waals surface area contributed by atoms with Crippen molar-refractivity contribution in [1.29, 1.82) is 0 Å². The molecule has 0 saturated heterocycles. The minimum absolute atomic E-state index is 0.0217. The highest BCUT2D eigenvalue weighted by atomic mass is 32.1. The summed E-state index contributed by atoms with van der Waals surface area (Å²) >= 11 is 3.33. The zero-order chi connectivity index (χ0) is 22.8. The highest BCUT2D eigenvalue weighted by Crippen LogP contribution is 2.45. The van der Waals surface area contributed by atoms with Crippen LogP contribution in [-0.4, -0.2) is 28.2 Å². The van der Waals surface area contributed by atoms with Crippen LogP contribution >= 0.6 is 22.7 Å². The lowest BCUT2D eigenvalue weighted by Gasteiger charge is -2.28. The summed E-state index contributed by atoms with van der Waals surface area (Å²) in [4.78, 5) is 25.9. The molecule has 2 aliphatic rings. The summed E-state index contributed by atoms with van der Waals surface area (Å²) in [6, 6.07) is 13.8. The van der Waals surface area contributed by atoms with Crippen LogP contribution in [0.3, 0.4) is 0 Å². The number of allylic oxidation sites excluding steroid dienone is 1. The fourth-order valence-corrected chi connectivity index (χ4v) is 5.92. The maximum atomic E-state index is 13.2. The quantitative estimate of drug-likeness (QED) is 0.324. The number of hydrogen-bond acceptors (Lipinski definition) is 7. The molecular formula is C24H21N3O4S2. The van der Waals surface area contributed by atoms with Gasteiger partial charge in [-0.3, -0.25) is 14.9 Å². The van der Waals surface area contributed by atoms with Gasteiger partial charge in [-0.25, -0.2) is 5.01 Å². The van der Waals surface area contributed by atoms with Crippen LogP contribution in [0.4, 0.5) is 5.69 Å². The highest BCUT2D eigenvalue weighted by Gasteiger charge is 2.44. The van der Waals surface area contributed by atoms with Crippen LogP contribution < -0.4 is 4.74 Å². The molecule has 3 heterocycles. The monoisotopic (exact) mass is 479 g/mol. The number of hydrogen-bond donors (Lipinski definition) is 0. The summed E-state index contributed by atoms with van der Waals surface area (Å²) in [5.74, 6) is 0.334. The lowest BCUT2D eigenvalue weighted by molar-refractivity contribution is -0.384. The van der Waals surface area contributed by atoms with Gasteiger partial charge in [0.05, 0.1) is 16.7 Å². The zero-order valence-corrected chi connectivity index (χ0v) is 19.3. The molecule has 0 bridgehead atoms. The van der Waals surface area contributed by atoms with E-state index in [0.29, 0.717) is 5.75 Å². The summed E-state index contributed by atoms with van der Waals surface area (Å²) in [6.45, 7) is -0.187. The van der Waals surface area contributed by atoms with E-state index in [-0.39, 0.29) is 30.2 Å². The van der Waals surface area contributed by atoms with Gasteiger partial charge < -0.3 is 4.74 Å². The van der Waals surface area contributed by atoms with Crippen molar-refractivity contribution in [3.05, 3.63) is 84.7 Å². The molecule has 1 aliphatic carbocycles. The van der Waals surface area contributed by atoms with E-state index in [1.54, 1.807) is 27.7 Å². The minimum Gasteiger partial charge on any atom is -0.484 e. The topological polar surface area (TPSA) is 85.0 Å². The van der Waals surface area contributed by atoms with E-state index in [2.05, 4.69) is 23.6 Å². The van der Waals surface area contributed by atoms with E-state index in [9.17, 15) is 14.9 Å². The third kappa shape index (κ3) is 4.46. The molecule has 2 unspecified atom stereocenters. The second kappa shape index (κ2) is 9.29. The van der Waals surface area contributed by atoms with E-state index in [0.717, 1.165) is 29.9 Å². The van der Waals surface area contributed by atoms with E-state index >= 15 is 0 Å². The number of hydrazone groups is 1. The molecule has 1 fully saturated rings. The highest BCUT2D eigenvalue weighted by molar-refractivity contribution is 7.11. The van der Waals surface area contributed by atoms with Crippen LogP contribution in [-0.2, 0) is 4.79 Å². The molecule has 33 heavy (non-hydrogen) atoms. The average molecular weight is 480 g/mol. The minimum atomic E-state index is -0.468. The van der Waals surface area contributed by atoms with E-state index in [1.165, 1.54) is 34.7 Å². The molecule has 1 aromatic carbocycles. The Morgan fingerprint density at radius 1 is 1.18 bits per heavy atom. The van der Waals surface area contributed by atoms with E-state index < -0.39 is 4.92 Å². The van der Waals surface area contributed by atoms with Gasteiger partial charge in [0.2, 0.25) is 0 Å². The number of carbonyl (C=O) groups is 1. The molecule has 9 heteroatoms. The molecule has 1 amide bonds. The molecule has 168 valence electrons. The molecule has 2 aromatic heterocycles. The van der Waals surface area contributed by atoms with Crippen molar-refractivity contribution in [2.75, 3.05) is 6.61 Å². The van der Waals surface area contributed by atoms with Gasteiger partial charge in [0.15, 0.2) is 6.61 Å². The van der Waals surface area contributed by atoms with Crippen molar-refractivity contribution in [1.82, 2.24) is 5.01 Å². The number of nitro benzene ring substituents is 1. The maximum absolute atomic E-state index is 13.2. The SMILES string of the molecule is O=C(COc1ccc([N+](=O)[O-])cc1)N1N=C2/C(=C\c3cccs3)CCCC2C1c1cccs1. The van der Waals surface area contributed by atoms with Crippen molar-refractivity contribution >= 4 is 46.1 Å². The van der Waals surface area contributed by atoms with Gasteiger partial charge in [-0.2, -0.15) is 5.10 Å². The Kier molecular flexibility index (Phi) is 6.06. The van der Waals surface area contributed by atoms with E-state index in [1.807, 2.05) is 17.5 Å². The van der Waals surface area contributed by atoms with Gasteiger partial charge in [-0.1, -0.05) is 12.1 Å². The normalized spacial score (nSPS) is 21.0. The predicted molar refractivity (Wildman–Crippen MR) is 130 cm³/mol. The molecule has 0 radical (unpaired) electrons. The van der Waals surface area contributed by atoms with Gasteiger partial charge in [0.1, 0.15) is 5.75 Å². The number of nitrogens with zero attached hydrogens (tertiary/aromatic N) is 3. The first-order valence-electron chi connectivity index (χ1n) is 10.7. The summed E-state index contributed by atoms with van der Waals surface area (Å²) in [7, 11) is 0. The Balaban J connectivity index is 1.39. The van der Waals surface area contributed by atoms with Crippen LogP contribution in [0.15, 0.2) is 70.0 Å². The standard InChI is InChI=1S/C24H21N3O4S2/c28-22(15-31-18-10-8-17(9-11-18)27(29)30)26-24(21-7-3-13-33-21)20-6-1-4-16(23(20)25-26)14-19-5-2-12-32-19/h2-3,5,7-14,20,24H,1,4,6,15H2/b16-14-. The molecular weight excluding hydrogens is 458 g/mol. The maximum Gasteiger partial charge on any atom is 0.281 e. The third-order valence-electron chi connectivity index (χ3n) is 5.86. The first-order chi connectivity index (χ1) is 16.1. The summed E-state index contributed by atoms with van der Waals surface area (Å²) in [6.07, 6.45) is 5.19. The number of non-ortho nitro benzene ring substituents is 1. The fourth-order valence-electron chi connectivity index (χ4n) is 4.37. The van der Waals surface area contributed by atoms with Crippen LogP contribution in [0.1, 0.15) is 35.1 Å². The molecule has 5 rings (SSSR count). The number of rotatable bonds is 6. The lowest BCUT2D eigenvalue weighted by atomic mass is 9.79. The van der Waals surface area contributed by atoms with Gasteiger partial charge in [-0.15, -0.1) is 22.7 Å². The number of benzene rings is 1. The molecule has 0 N–H and O–H groups in total. The van der Waals surface area contributed by atoms with Crippen molar-refractivity contribution in [2.45, 2.75) is 25.3 Å². The smallest absolute Gasteiger partial charge is 0.281 e. The Morgan fingerprint density at radius 2 is 1.97 bits per heavy atom. The first-order valence-corrected chi connectivity index (χ1v) is 12.4. The van der Waals surface area contributed by atoms with Crippen molar-refractivity contribution < 1.29 is 14.5 Å². The lowest BCUT2D eigenvalue weighted by Crippen LogP contribution is -2.34. The Labute approximate surface area is 198 Å². The number of thiophene rings is 2. The zero-order valence-electron chi connectivity index (χ0n) is 17.6. The van der Waals surface area contributed by atoms with E-state index in [4.69, 9.17) is 9.84 Å². The second-order valence-electron chi connectivity index (χ2n) is 7.91. The van der Waals surface area contributed by atoms with Gasteiger partial charge in [-0.05, 0) is 65.9 Å². The molecule has 3 aromatic rings. The Hall–Kier alpha value is -3.30. The fraction of sp³-hybridized carbons (Fsp3) is 0.250. The summed E-state index contributed by atoms with van der Waals surface area (Å²) < 4.78 is 5.65. The molecule has 1 saturated carbocycles. The van der Waals surface area contributed by atoms with Gasteiger partial charge >= 0.3 is 0 Å². The third-order valence-corrected chi connectivity index (χ3v) is 7.62. The summed E-state index contributed by atoms with van der Waals surface area (Å²) in [5.41, 5.74) is 2.17. The molecule has 0 spiro atoms. The van der Waals surface area contributed by atoms with Gasteiger partial charge in [0, 0.05) is 27.8 Å². The number of fused-ring (bicyclic) bond motifs is 1. The largest absolute Gasteiger partial charge is 0.484 e. The number of carbonyl (C=O) groups excluding carboxylic acids is 1. The first kappa shape index (κ1) is 21.5. The van der Waals surface area contributed by atoms with Crippen molar-refractivity contribution in [2.24, 2.45) is 11.0 Å². The number of nitro groups is 1. The van der Waals surface area contributed by atoms with Crippen LogP contribution in [0, 0.1) is 16.0 Å².